The van der Waals surface area contributed by atoms with Crippen molar-refractivity contribution in [1.82, 2.24) is 0 Å². The molecule has 0 saturated carbocycles. The van der Waals surface area contributed by atoms with Crippen molar-refractivity contribution in [2.45, 2.75) is 26.0 Å². The molecular weight excluding hydrogens is 264 g/mol. The Morgan fingerprint density at radius 1 is 1.10 bits per heavy atom. The number of hydrogen-bond acceptors (Lipinski definition) is 3. The van der Waals surface area contributed by atoms with E-state index in [-0.39, 0.29) is 5.91 Å². The van der Waals surface area contributed by atoms with Crippen molar-refractivity contribution in [2.24, 2.45) is 0 Å². The van der Waals surface area contributed by atoms with Gasteiger partial charge in [-0.25, -0.2) is 0 Å². The molecule has 1 aliphatic heterocycles. The van der Waals surface area contributed by atoms with E-state index in [0.29, 0.717) is 23.7 Å². The first-order valence-corrected chi connectivity index (χ1v) is 6.92. The Labute approximate surface area is 124 Å². The third-order valence-corrected chi connectivity index (χ3v) is 3.61. The van der Waals surface area contributed by atoms with Crippen molar-refractivity contribution in [1.29, 1.82) is 0 Å². The monoisotopic (exact) mass is 282 g/mol. The fourth-order valence-electron chi connectivity index (χ4n) is 2.57. The van der Waals surface area contributed by atoms with Crippen molar-refractivity contribution < 1.29 is 9.53 Å². The SMILES string of the molecule is CC1(C)Oc2cccc(N)c2N(Cc2ccccc2)C1=O. The van der Waals surface area contributed by atoms with Crippen LogP contribution in [0.5, 0.6) is 5.75 Å². The zero-order chi connectivity index (χ0) is 15.0. The lowest BCUT2D eigenvalue weighted by Gasteiger charge is -2.39. The third-order valence-electron chi connectivity index (χ3n) is 3.61. The quantitative estimate of drug-likeness (QED) is 0.862. The third kappa shape index (κ3) is 2.33. The summed E-state index contributed by atoms with van der Waals surface area (Å²) in [6.07, 6.45) is 0. The summed E-state index contributed by atoms with van der Waals surface area (Å²) in [5.41, 5.74) is 7.43. The Morgan fingerprint density at radius 3 is 2.52 bits per heavy atom. The Bertz CT molecular complexity index is 680. The zero-order valence-electron chi connectivity index (χ0n) is 12.2. The van der Waals surface area contributed by atoms with Gasteiger partial charge in [-0.05, 0) is 31.5 Å². The molecule has 2 aromatic rings. The maximum Gasteiger partial charge on any atom is 0.271 e. The van der Waals surface area contributed by atoms with Crippen LogP contribution in [-0.4, -0.2) is 11.5 Å². The minimum absolute atomic E-state index is 0.0863. The van der Waals surface area contributed by atoms with Crippen LogP contribution in [0.2, 0.25) is 0 Å². The standard InChI is InChI=1S/C17H18N2O2/c1-17(2)16(20)19(11-12-7-4-3-5-8-12)15-13(18)9-6-10-14(15)21-17/h3-10H,11,18H2,1-2H3. The maximum atomic E-state index is 12.7. The van der Waals surface area contributed by atoms with E-state index in [1.807, 2.05) is 42.5 Å². The van der Waals surface area contributed by atoms with E-state index in [4.69, 9.17) is 10.5 Å². The number of carbonyl (C=O) groups is 1. The van der Waals surface area contributed by atoms with Crippen LogP contribution in [0.4, 0.5) is 11.4 Å². The molecule has 0 aromatic heterocycles. The van der Waals surface area contributed by atoms with E-state index < -0.39 is 5.60 Å². The summed E-state index contributed by atoms with van der Waals surface area (Å²) in [5.74, 6) is 0.562. The molecule has 1 amide bonds. The highest BCUT2D eigenvalue weighted by Gasteiger charge is 2.41. The Kier molecular flexibility index (Phi) is 3.09. The molecule has 2 N–H and O–H groups in total. The summed E-state index contributed by atoms with van der Waals surface area (Å²) in [5, 5.41) is 0. The maximum absolute atomic E-state index is 12.7. The molecule has 4 nitrogen and oxygen atoms in total. The number of carbonyl (C=O) groups excluding carboxylic acids is 1. The van der Waals surface area contributed by atoms with Crippen LogP contribution in [-0.2, 0) is 11.3 Å². The first kappa shape index (κ1) is 13.5. The molecule has 21 heavy (non-hydrogen) atoms. The van der Waals surface area contributed by atoms with Gasteiger partial charge in [0.2, 0.25) is 0 Å². The fraction of sp³-hybridized carbons (Fsp3) is 0.235. The molecule has 2 aromatic carbocycles. The van der Waals surface area contributed by atoms with E-state index >= 15 is 0 Å². The molecule has 1 aliphatic rings. The second-order valence-corrected chi connectivity index (χ2v) is 5.68. The normalized spacial score (nSPS) is 16.3. The number of ether oxygens (including phenoxy) is 1. The van der Waals surface area contributed by atoms with Crippen LogP contribution in [0.25, 0.3) is 0 Å². The van der Waals surface area contributed by atoms with Crippen LogP contribution in [0.1, 0.15) is 19.4 Å². The summed E-state index contributed by atoms with van der Waals surface area (Å²) in [4.78, 5) is 14.4. The van der Waals surface area contributed by atoms with Crippen molar-refractivity contribution in [2.75, 3.05) is 10.6 Å². The fourth-order valence-corrected chi connectivity index (χ4v) is 2.57. The van der Waals surface area contributed by atoms with Crippen LogP contribution < -0.4 is 15.4 Å². The minimum Gasteiger partial charge on any atom is -0.476 e. The Hall–Kier alpha value is -2.49. The summed E-state index contributed by atoms with van der Waals surface area (Å²) < 4.78 is 5.81. The van der Waals surface area contributed by atoms with Gasteiger partial charge in [0.1, 0.15) is 11.4 Å². The number of benzene rings is 2. The number of rotatable bonds is 2. The first-order chi connectivity index (χ1) is 9.99. The molecule has 0 bridgehead atoms. The topological polar surface area (TPSA) is 55.6 Å². The minimum atomic E-state index is -0.893. The molecular formula is C17H18N2O2. The van der Waals surface area contributed by atoms with Crippen molar-refractivity contribution >= 4 is 17.3 Å². The number of amides is 1. The Morgan fingerprint density at radius 2 is 1.81 bits per heavy atom. The van der Waals surface area contributed by atoms with Crippen molar-refractivity contribution in [3.63, 3.8) is 0 Å². The smallest absolute Gasteiger partial charge is 0.271 e. The highest BCUT2D eigenvalue weighted by Crippen LogP contribution is 2.42. The highest BCUT2D eigenvalue weighted by molar-refractivity contribution is 6.04. The van der Waals surface area contributed by atoms with Crippen LogP contribution >= 0.6 is 0 Å². The van der Waals surface area contributed by atoms with E-state index in [0.717, 1.165) is 5.56 Å². The molecule has 4 heteroatoms. The second kappa shape index (κ2) is 4.81. The van der Waals surface area contributed by atoms with E-state index in [9.17, 15) is 4.79 Å². The van der Waals surface area contributed by atoms with E-state index in [2.05, 4.69) is 0 Å². The number of nitrogens with zero attached hydrogens (tertiary/aromatic N) is 1. The number of fused-ring (bicyclic) bond motifs is 1. The van der Waals surface area contributed by atoms with Gasteiger partial charge in [-0.2, -0.15) is 0 Å². The van der Waals surface area contributed by atoms with Crippen molar-refractivity contribution in [3.8, 4) is 5.75 Å². The number of anilines is 2. The molecule has 3 rings (SSSR count). The lowest BCUT2D eigenvalue weighted by Crippen LogP contribution is -2.52. The summed E-state index contributed by atoms with van der Waals surface area (Å²) in [7, 11) is 0. The van der Waals surface area contributed by atoms with Gasteiger partial charge in [0, 0.05) is 0 Å². The van der Waals surface area contributed by atoms with Crippen LogP contribution in [0.15, 0.2) is 48.5 Å². The number of nitrogens with two attached hydrogens (primary N) is 1. The molecule has 0 saturated heterocycles. The molecule has 108 valence electrons. The van der Waals surface area contributed by atoms with Crippen LogP contribution in [0.3, 0.4) is 0 Å². The molecule has 0 radical (unpaired) electrons. The number of nitrogen functional groups attached to an aromatic ring is 1. The lowest BCUT2D eigenvalue weighted by molar-refractivity contribution is -0.132. The summed E-state index contributed by atoms with van der Waals surface area (Å²) in [6.45, 7) is 4.03. The molecule has 0 aliphatic carbocycles. The zero-order valence-corrected chi connectivity index (χ0v) is 12.2. The molecule has 1 heterocycles. The van der Waals surface area contributed by atoms with Gasteiger partial charge in [-0.3, -0.25) is 9.69 Å². The lowest BCUT2D eigenvalue weighted by atomic mass is 10.0. The van der Waals surface area contributed by atoms with Gasteiger partial charge < -0.3 is 10.5 Å². The number of para-hydroxylation sites is 1. The predicted molar refractivity (Wildman–Crippen MR) is 83.2 cm³/mol. The van der Waals surface area contributed by atoms with Crippen LogP contribution in [0, 0.1) is 0 Å². The van der Waals surface area contributed by atoms with Gasteiger partial charge >= 0.3 is 0 Å². The molecule has 0 spiro atoms. The van der Waals surface area contributed by atoms with Crippen molar-refractivity contribution in [3.05, 3.63) is 54.1 Å². The summed E-state index contributed by atoms with van der Waals surface area (Å²) >= 11 is 0. The van der Waals surface area contributed by atoms with Gasteiger partial charge in [0.05, 0.1) is 12.2 Å². The average Bonchev–Trinajstić information content (AvgIpc) is 2.45. The molecule has 0 fully saturated rings. The van der Waals surface area contributed by atoms with E-state index in [1.165, 1.54) is 0 Å². The van der Waals surface area contributed by atoms with Gasteiger partial charge in [-0.15, -0.1) is 0 Å². The molecule has 0 atom stereocenters. The number of hydrogen-bond donors (Lipinski definition) is 1. The predicted octanol–water partition coefficient (Wildman–Crippen LogP) is 2.97. The summed E-state index contributed by atoms with van der Waals surface area (Å²) in [6, 6.07) is 15.3. The van der Waals surface area contributed by atoms with E-state index in [1.54, 1.807) is 24.8 Å². The van der Waals surface area contributed by atoms with Gasteiger partial charge in [0.15, 0.2) is 5.60 Å². The average molecular weight is 282 g/mol. The second-order valence-electron chi connectivity index (χ2n) is 5.68. The van der Waals surface area contributed by atoms with Gasteiger partial charge in [0.25, 0.3) is 5.91 Å². The highest BCUT2D eigenvalue weighted by atomic mass is 16.5. The van der Waals surface area contributed by atoms with Gasteiger partial charge in [-0.1, -0.05) is 36.4 Å². The largest absolute Gasteiger partial charge is 0.476 e. The Balaban J connectivity index is 2.07. The first-order valence-electron chi connectivity index (χ1n) is 6.92. The molecule has 0 unspecified atom stereocenters.